The van der Waals surface area contributed by atoms with Crippen molar-refractivity contribution in [3.05, 3.63) is 30.3 Å². The second kappa shape index (κ2) is 10.9. The van der Waals surface area contributed by atoms with Gasteiger partial charge in [0.2, 0.25) is 0 Å². The molecular formula is C8H11Cl3O. The Kier molecular flexibility index (Phi) is 13.1. The van der Waals surface area contributed by atoms with Crippen LogP contribution in [0.4, 0.5) is 0 Å². The number of para-hydroxylation sites is 1. The molecule has 0 aliphatic carbocycles. The van der Waals surface area contributed by atoms with Gasteiger partial charge in [-0.3, -0.25) is 0 Å². The van der Waals surface area contributed by atoms with Crippen molar-refractivity contribution in [2.45, 2.75) is 0 Å². The number of methoxy groups -OCH3 is 1. The van der Waals surface area contributed by atoms with Crippen molar-refractivity contribution in [3.63, 3.8) is 0 Å². The predicted molar refractivity (Wildman–Crippen MR) is 56.8 cm³/mol. The van der Waals surface area contributed by atoms with Crippen molar-refractivity contribution < 1.29 is 4.74 Å². The molecule has 0 fully saturated rings. The molecule has 0 spiro atoms. The van der Waals surface area contributed by atoms with Crippen LogP contribution in [0.25, 0.3) is 0 Å². The topological polar surface area (TPSA) is 9.23 Å². The first-order valence-electron chi connectivity index (χ1n) is 3.06. The molecule has 0 aromatic heterocycles. The molecule has 0 aliphatic rings. The van der Waals surface area contributed by atoms with Gasteiger partial charge in [0.25, 0.3) is 0 Å². The Labute approximate surface area is 89.0 Å². The van der Waals surface area contributed by atoms with Crippen LogP contribution in [0.5, 0.6) is 5.75 Å². The van der Waals surface area contributed by atoms with Crippen LogP contribution in [0.2, 0.25) is 0 Å². The van der Waals surface area contributed by atoms with Gasteiger partial charge in [0.05, 0.1) is 12.4 Å². The lowest BCUT2D eigenvalue weighted by atomic mass is 10.3. The van der Waals surface area contributed by atoms with E-state index in [1.165, 1.54) is 0 Å². The lowest BCUT2D eigenvalue weighted by molar-refractivity contribution is 0.415. The van der Waals surface area contributed by atoms with E-state index in [-0.39, 0.29) is 17.7 Å². The van der Waals surface area contributed by atoms with Gasteiger partial charge in [-0.25, -0.2) is 0 Å². The maximum Gasteiger partial charge on any atom is 0.118 e. The summed E-state index contributed by atoms with van der Waals surface area (Å²) in [6, 6.07) is 9.68. The van der Waals surface area contributed by atoms with E-state index in [0.717, 1.165) is 5.75 Å². The van der Waals surface area contributed by atoms with Gasteiger partial charge in [-0.1, -0.05) is 18.2 Å². The molecule has 4 heteroatoms. The normalized spacial score (nSPS) is 7.25. The smallest absolute Gasteiger partial charge is 0.118 e. The van der Waals surface area contributed by atoms with E-state index >= 15 is 0 Å². The highest BCUT2D eigenvalue weighted by atomic mass is 35.5. The van der Waals surface area contributed by atoms with Crippen molar-refractivity contribution in [2.75, 3.05) is 12.4 Å². The molecule has 0 amide bonds. The summed E-state index contributed by atoms with van der Waals surface area (Å²) >= 11 is 9.53. The molecule has 1 nitrogen and oxygen atoms in total. The van der Waals surface area contributed by atoms with E-state index in [4.69, 9.17) is 27.9 Å². The molecule has 0 aliphatic heterocycles. The SMILES string of the molecule is COc1ccccc1.Cl.ClCCl. The first kappa shape index (κ1) is 14.4. The van der Waals surface area contributed by atoms with Gasteiger partial charge in [-0.05, 0) is 12.1 Å². The molecule has 70 valence electrons. The van der Waals surface area contributed by atoms with Crippen LogP contribution < -0.4 is 4.74 Å². The Morgan fingerprint density at radius 2 is 1.58 bits per heavy atom. The van der Waals surface area contributed by atoms with Gasteiger partial charge in [-0.2, -0.15) is 0 Å². The monoisotopic (exact) mass is 228 g/mol. The number of halogens is 3. The third-order valence-electron chi connectivity index (χ3n) is 0.979. The van der Waals surface area contributed by atoms with Crippen molar-refractivity contribution in [3.8, 4) is 5.75 Å². The highest BCUT2D eigenvalue weighted by molar-refractivity contribution is 6.40. The minimum Gasteiger partial charge on any atom is -0.497 e. The summed E-state index contributed by atoms with van der Waals surface area (Å²) in [5, 5.41) is 0.194. The van der Waals surface area contributed by atoms with Gasteiger partial charge in [0.15, 0.2) is 0 Å². The van der Waals surface area contributed by atoms with Gasteiger partial charge in [-0.15, -0.1) is 35.6 Å². The molecule has 1 aromatic rings. The number of hydrogen-bond donors (Lipinski definition) is 0. The molecule has 0 radical (unpaired) electrons. The molecule has 1 rings (SSSR count). The third kappa shape index (κ3) is 7.99. The van der Waals surface area contributed by atoms with Crippen LogP contribution in [0.3, 0.4) is 0 Å². The second-order valence-electron chi connectivity index (χ2n) is 1.62. The fraction of sp³-hybridized carbons (Fsp3) is 0.250. The molecule has 0 atom stereocenters. The maximum atomic E-state index is 4.91. The summed E-state index contributed by atoms with van der Waals surface area (Å²) in [6.45, 7) is 0. The number of ether oxygens (including phenoxy) is 1. The lowest BCUT2D eigenvalue weighted by Gasteiger charge is -1.93. The summed E-state index contributed by atoms with van der Waals surface area (Å²) in [5.74, 6) is 0.910. The van der Waals surface area contributed by atoms with Crippen LogP contribution in [0.1, 0.15) is 0 Å². The van der Waals surface area contributed by atoms with E-state index in [9.17, 15) is 0 Å². The van der Waals surface area contributed by atoms with Crippen LogP contribution in [-0.2, 0) is 0 Å². The third-order valence-corrected chi connectivity index (χ3v) is 0.979. The summed E-state index contributed by atoms with van der Waals surface area (Å²) < 4.78 is 4.91. The Hall–Kier alpha value is -0.110. The Morgan fingerprint density at radius 1 is 1.17 bits per heavy atom. The molecule has 0 unspecified atom stereocenters. The summed E-state index contributed by atoms with van der Waals surface area (Å²) in [5.41, 5.74) is 0. The average Bonchev–Trinajstić information content (AvgIpc) is 2.08. The standard InChI is InChI=1S/C7H8O.CH2Cl2.ClH/c1-8-7-5-3-2-4-6-7;2-1-3;/h2-6H,1H3;1H2;1H. The first-order chi connectivity index (χ1) is 5.35. The van der Waals surface area contributed by atoms with E-state index < -0.39 is 0 Å². The number of hydrogen-bond acceptors (Lipinski definition) is 1. The van der Waals surface area contributed by atoms with Gasteiger partial charge in [0, 0.05) is 0 Å². The fourth-order valence-corrected chi connectivity index (χ4v) is 0.557. The molecule has 0 bridgehead atoms. The minimum atomic E-state index is 0. The van der Waals surface area contributed by atoms with Crippen molar-refractivity contribution in [2.24, 2.45) is 0 Å². The van der Waals surface area contributed by atoms with Crippen LogP contribution >= 0.6 is 35.6 Å². The summed E-state index contributed by atoms with van der Waals surface area (Å²) in [6.07, 6.45) is 0. The van der Waals surface area contributed by atoms with Gasteiger partial charge >= 0.3 is 0 Å². The van der Waals surface area contributed by atoms with Crippen molar-refractivity contribution in [1.82, 2.24) is 0 Å². The number of benzene rings is 1. The highest BCUT2D eigenvalue weighted by Gasteiger charge is 1.80. The van der Waals surface area contributed by atoms with Crippen molar-refractivity contribution in [1.29, 1.82) is 0 Å². The maximum absolute atomic E-state index is 4.91. The zero-order chi connectivity index (χ0) is 8.53. The van der Waals surface area contributed by atoms with Gasteiger partial charge in [0.1, 0.15) is 5.75 Å². The summed E-state index contributed by atoms with van der Waals surface area (Å²) in [4.78, 5) is 0. The fourth-order valence-electron chi connectivity index (χ4n) is 0.557. The minimum absolute atomic E-state index is 0. The Balaban J connectivity index is 0. The molecule has 0 saturated heterocycles. The zero-order valence-corrected chi connectivity index (χ0v) is 8.99. The van der Waals surface area contributed by atoms with Gasteiger partial charge < -0.3 is 4.74 Å². The highest BCUT2D eigenvalue weighted by Crippen LogP contribution is 2.05. The lowest BCUT2D eigenvalue weighted by Crippen LogP contribution is -1.78. The molecule has 0 saturated carbocycles. The van der Waals surface area contributed by atoms with E-state index in [1.54, 1.807) is 7.11 Å². The second-order valence-corrected chi connectivity index (χ2v) is 2.43. The molecule has 1 aromatic carbocycles. The Morgan fingerprint density at radius 3 is 1.83 bits per heavy atom. The predicted octanol–water partition coefficient (Wildman–Crippen LogP) is 3.54. The van der Waals surface area contributed by atoms with Crippen LogP contribution in [-0.4, -0.2) is 12.4 Å². The van der Waals surface area contributed by atoms with E-state index in [0.29, 0.717) is 0 Å². The largest absolute Gasteiger partial charge is 0.497 e. The van der Waals surface area contributed by atoms with Crippen molar-refractivity contribution >= 4 is 35.6 Å². The average molecular weight is 230 g/mol. The van der Waals surface area contributed by atoms with E-state index in [2.05, 4.69) is 0 Å². The first-order valence-corrected chi connectivity index (χ1v) is 4.13. The molecule has 0 heterocycles. The Bertz CT molecular complexity index is 167. The van der Waals surface area contributed by atoms with Crippen LogP contribution in [0.15, 0.2) is 30.3 Å². The van der Waals surface area contributed by atoms with Crippen LogP contribution in [0, 0.1) is 0 Å². The zero-order valence-electron chi connectivity index (χ0n) is 6.67. The molecular weight excluding hydrogens is 218 g/mol. The number of rotatable bonds is 1. The molecule has 0 N–H and O–H groups in total. The number of alkyl halides is 2. The quantitative estimate of drug-likeness (QED) is 0.670. The summed E-state index contributed by atoms with van der Waals surface area (Å²) in [7, 11) is 1.66. The van der Waals surface area contributed by atoms with E-state index in [1.807, 2.05) is 30.3 Å². The molecule has 12 heavy (non-hydrogen) atoms.